The summed E-state index contributed by atoms with van der Waals surface area (Å²) in [4.78, 5) is 13.1. The quantitative estimate of drug-likeness (QED) is 0.353. The minimum atomic E-state index is -0.0846. The number of halogens is 1. The summed E-state index contributed by atoms with van der Waals surface area (Å²) in [6.07, 6.45) is 4.37. The Bertz CT molecular complexity index is 1000. The molecule has 0 unspecified atom stereocenters. The minimum absolute atomic E-state index is 0.0846. The molecule has 1 aliphatic rings. The molecule has 0 bridgehead atoms. The largest absolute Gasteiger partial charge is 0.273 e. The molecule has 0 spiro atoms. The Labute approximate surface area is 167 Å². The molecule has 1 aliphatic carbocycles. The number of nitrogens with one attached hydrogen (secondary N) is 1. The molecule has 1 N–H and O–H groups in total. The lowest BCUT2D eigenvalue weighted by Crippen LogP contribution is -2.17. The number of amides is 1. The summed E-state index contributed by atoms with van der Waals surface area (Å²) in [6.45, 7) is 0. The third kappa shape index (κ3) is 4.18. The molecule has 1 amide bonds. The molecular formula is C22H19ClN2OS. The lowest BCUT2D eigenvalue weighted by molar-refractivity contribution is -0.120. The van der Waals surface area contributed by atoms with Gasteiger partial charge in [0.2, 0.25) is 5.91 Å². The molecule has 4 rings (SSSR count). The van der Waals surface area contributed by atoms with Gasteiger partial charge >= 0.3 is 0 Å². The number of rotatable bonds is 6. The van der Waals surface area contributed by atoms with Gasteiger partial charge in [-0.05, 0) is 59.0 Å². The van der Waals surface area contributed by atoms with Gasteiger partial charge in [0.1, 0.15) is 0 Å². The highest BCUT2D eigenvalue weighted by atomic mass is 35.5. The van der Waals surface area contributed by atoms with Gasteiger partial charge < -0.3 is 0 Å². The van der Waals surface area contributed by atoms with Crippen molar-refractivity contribution in [2.45, 2.75) is 24.2 Å². The summed E-state index contributed by atoms with van der Waals surface area (Å²) < 4.78 is 0. The van der Waals surface area contributed by atoms with Crippen molar-refractivity contribution in [2.24, 2.45) is 5.10 Å². The molecule has 0 fully saturated rings. The van der Waals surface area contributed by atoms with Crippen molar-refractivity contribution in [1.29, 1.82) is 0 Å². The normalized spacial score (nSPS) is 12.8. The first-order valence-corrected chi connectivity index (χ1v) is 10.3. The van der Waals surface area contributed by atoms with Crippen molar-refractivity contribution in [2.75, 3.05) is 5.75 Å². The Morgan fingerprint density at radius 3 is 2.67 bits per heavy atom. The van der Waals surface area contributed by atoms with Crippen LogP contribution in [0.2, 0.25) is 5.02 Å². The maximum absolute atomic E-state index is 12.0. The number of nitrogens with zero attached hydrogens (tertiary/aromatic N) is 1. The summed E-state index contributed by atoms with van der Waals surface area (Å²) in [7, 11) is 0. The Hall–Kier alpha value is -2.30. The highest BCUT2D eigenvalue weighted by Gasteiger charge is 2.14. The van der Waals surface area contributed by atoms with E-state index in [1.54, 1.807) is 18.0 Å². The topological polar surface area (TPSA) is 41.5 Å². The van der Waals surface area contributed by atoms with Crippen LogP contribution < -0.4 is 5.43 Å². The van der Waals surface area contributed by atoms with Gasteiger partial charge in [-0.1, -0.05) is 41.9 Å². The second-order valence-corrected chi connectivity index (χ2v) is 8.10. The van der Waals surface area contributed by atoms with Crippen LogP contribution >= 0.6 is 23.4 Å². The number of hydrogen-bond donors (Lipinski definition) is 1. The highest BCUT2D eigenvalue weighted by Crippen LogP contribution is 2.32. The molecular weight excluding hydrogens is 376 g/mol. The van der Waals surface area contributed by atoms with Gasteiger partial charge in [-0.25, -0.2) is 5.43 Å². The maximum Gasteiger partial charge on any atom is 0.240 e. The zero-order chi connectivity index (χ0) is 18.6. The highest BCUT2D eigenvalue weighted by molar-refractivity contribution is 7.99. The molecule has 136 valence electrons. The number of aryl methyl sites for hydroxylation is 2. The molecule has 3 aromatic rings. The van der Waals surface area contributed by atoms with Crippen molar-refractivity contribution in [3.05, 3.63) is 76.3 Å². The second-order valence-electron chi connectivity index (χ2n) is 6.50. The van der Waals surface area contributed by atoms with Crippen LogP contribution in [0.25, 0.3) is 10.8 Å². The van der Waals surface area contributed by atoms with Crippen LogP contribution in [0.3, 0.4) is 0 Å². The molecule has 0 atom stereocenters. The van der Waals surface area contributed by atoms with Crippen LogP contribution in [0.1, 0.15) is 23.1 Å². The van der Waals surface area contributed by atoms with Gasteiger partial charge in [-0.3, -0.25) is 4.79 Å². The van der Waals surface area contributed by atoms with Crippen LogP contribution in [0.5, 0.6) is 0 Å². The fraction of sp³-hybridized carbons (Fsp3) is 0.182. The van der Waals surface area contributed by atoms with Gasteiger partial charge in [0.05, 0.1) is 6.21 Å². The van der Waals surface area contributed by atoms with Gasteiger partial charge in [-0.2, -0.15) is 5.10 Å². The zero-order valence-corrected chi connectivity index (χ0v) is 16.3. The van der Waals surface area contributed by atoms with Crippen LogP contribution in [0.4, 0.5) is 0 Å². The van der Waals surface area contributed by atoms with Gasteiger partial charge in [0, 0.05) is 27.7 Å². The number of hydrogen-bond acceptors (Lipinski definition) is 3. The Kier molecular flexibility index (Phi) is 5.46. The molecule has 0 saturated heterocycles. The van der Waals surface area contributed by atoms with Crippen molar-refractivity contribution < 1.29 is 4.79 Å². The van der Waals surface area contributed by atoms with Crippen molar-refractivity contribution in [1.82, 2.24) is 5.43 Å². The first kappa shape index (κ1) is 18.1. The molecule has 3 aromatic carbocycles. The van der Waals surface area contributed by atoms with Gasteiger partial charge in [0.15, 0.2) is 0 Å². The third-order valence-electron chi connectivity index (χ3n) is 4.71. The zero-order valence-electron chi connectivity index (χ0n) is 14.7. The van der Waals surface area contributed by atoms with E-state index in [9.17, 15) is 4.79 Å². The van der Waals surface area contributed by atoms with Crippen LogP contribution in [-0.4, -0.2) is 17.9 Å². The van der Waals surface area contributed by atoms with E-state index in [4.69, 9.17) is 11.6 Å². The fourth-order valence-corrected chi connectivity index (χ4v) is 4.38. The predicted octanol–water partition coefficient (Wildman–Crippen LogP) is 5.22. The molecule has 0 aromatic heterocycles. The summed E-state index contributed by atoms with van der Waals surface area (Å²) >= 11 is 7.50. The van der Waals surface area contributed by atoms with Crippen LogP contribution in [0.15, 0.2) is 64.6 Å². The molecule has 0 saturated carbocycles. The van der Waals surface area contributed by atoms with E-state index in [1.165, 1.54) is 21.9 Å². The monoisotopic (exact) mass is 394 g/mol. The number of benzene rings is 3. The fourth-order valence-electron chi connectivity index (χ4n) is 3.40. The van der Waals surface area contributed by atoms with Crippen LogP contribution in [0, 0.1) is 0 Å². The lowest BCUT2D eigenvalue weighted by Gasteiger charge is -2.05. The standard InChI is InChI=1S/C22H19ClN2OS/c23-18-8-10-19(11-9-18)27-13-12-21(26)25-24-14-17-7-6-16-5-4-15-2-1-3-20(17)22(15)16/h1-3,6-11,14H,4-5,12-13H2,(H,25,26)/b24-14+. The maximum atomic E-state index is 12.0. The molecule has 0 heterocycles. The molecule has 27 heavy (non-hydrogen) atoms. The smallest absolute Gasteiger partial charge is 0.240 e. The van der Waals surface area contributed by atoms with Crippen LogP contribution in [-0.2, 0) is 17.6 Å². The van der Waals surface area contributed by atoms with Crippen molar-refractivity contribution >= 4 is 46.3 Å². The van der Waals surface area contributed by atoms with E-state index in [-0.39, 0.29) is 5.91 Å². The third-order valence-corrected chi connectivity index (χ3v) is 5.98. The SMILES string of the molecule is O=C(CCSc1ccc(Cl)cc1)N/N=C/c1ccc2c3c(cccc13)CC2. The Balaban J connectivity index is 1.33. The molecule has 0 radical (unpaired) electrons. The average molecular weight is 395 g/mol. The van der Waals surface area contributed by atoms with Crippen molar-refractivity contribution in [3.8, 4) is 0 Å². The van der Waals surface area contributed by atoms with E-state index in [0.29, 0.717) is 12.2 Å². The van der Waals surface area contributed by atoms with Crippen molar-refractivity contribution in [3.63, 3.8) is 0 Å². The number of carbonyl (C=O) groups is 1. The summed E-state index contributed by atoms with van der Waals surface area (Å²) in [5.74, 6) is 0.614. The summed E-state index contributed by atoms with van der Waals surface area (Å²) in [5.41, 5.74) is 6.48. The van der Waals surface area contributed by atoms with Gasteiger partial charge in [-0.15, -0.1) is 11.8 Å². The van der Waals surface area contributed by atoms with E-state index in [1.807, 2.05) is 24.3 Å². The van der Waals surface area contributed by atoms with E-state index < -0.39 is 0 Å². The molecule has 5 heteroatoms. The lowest BCUT2D eigenvalue weighted by atomic mass is 10.0. The predicted molar refractivity (Wildman–Crippen MR) is 114 cm³/mol. The molecule has 3 nitrogen and oxygen atoms in total. The van der Waals surface area contributed by atoms with E-state index >= 15 is 0 Å². The average Bonchev–Trinajstić information content (AvgIpc) is 3.10. The minimum Gasteiger partial charge on any atom is -0.273 e. The first-order chi connectivity index (χ1) is 13.2. The van der Waals surface area contributed by atoms with E-state index in [0.717, 1.165) is 28.3 Å². The number of hydrazone groups is 1. The molecule has 0 aliphatic heterocycles. The first-order valence-electron chi connectivity index (χ1n) is 8.94. The summed E-state index contributed by atoms with van der Waals surface area (Å²) in [5, 5.41) is 7.44. The Morgan fingerprint density at radius 2 is 1.85 bits per heavy atom. The summed E-state index contributed by atoms with van der Waals surface area (Å²) in [6, 6.07) is 18.3. The number of thioether (sulfide) groups is 1. The van der Waals surface area contributed by atoms with Gasteiger partial charge in [0.25, 0.3) is 0 Å². The number of carbonyl (C=O) groups excluding carboxylic acids is 1. The van der Waals surface area contributed by atoms with E-state index in [2.05, 4.69) is 40.9 Å². The second kappa shape index (κ2) is 8.15. The Morgan fingerprint density at radius 1 is 1.07 bits per heavy atom.